The van der Waals surface area contributed by atoms with Crippen molar-refractivity contribution in [1.29, 1.82) is 0 Å². The second-order valence-corrected chi connectivity index (χ2v) is 5.62. The summed E-state index contributed by atoms with van der Waals surface area (Å²) >= 11 is 0. The van der Waals surface area contributed by atoms with Crippen molar-refractivity contribution in [2.24, 2.45) is 11.7 Å². The number of β-amino-alcohol motifs (C(OH)–C–C–N with tert-alkyl or cyclic N) is 1. The molecule has 21 heavy (non-hydrogen) atoms. The first-order valence-electron chi connectivity index (χ1n) is 7.30. The summed E-state index contributed by atoms with van der Waals surface area (Å²) in [5.74, 6) is 6.04. The summed E-state index contributed by atoms with van der Waals surface area (Å²) in [6.45, 7) is 5.38. The van der Waals surface area contributed by atoms with Crippen molar-refractivity contribution < 1.29 is 9.90 Å². The number of piperidine rings is 1. The SMILES string of the molecule is Cc1cc(C(=O)N2CCC(C)C(O)C2)ccc1C#CCN. The quantitative estimate of drug-likeness (QED) is 0.761. The van der Waals surface area contributed by atoms with Crippen LogP contribution in [0, 0.1) is 24.7 Å². The molecule has 1 saturated heterocycles. The molecule has 0 bridgehead atoms. The normalized spacial score (nSPS) is 21.6. The van der Waals surface area contributed by atoms with Crippen molar-refractivity contribution in [1.82, 2.24) is 4.90 Å². The molecule has 1 aromatic carbocycles. The first-order valence-corrected chi connectivity index (χ1v) is 7.30. The molecule has 0 aliphatic carbocycles. The van der Waals surface area contributed by atoms with Crippen LogP contribution in [0.4, 0.5) is 0 Å². The molecule has 0 spiro atoms. The van der Waals surface area contributed by atoms with Crippen LogP contribution < -0.4 is 5.73 Å². The Balaban J connectivity index is 2.15. The van der Waals surface area contributed by atoms with E-state index in [4.69, 9.17) is 5.73 Å². The number of carbonyl (C=O) groups is 1. The van der Waals surface area contributed by atoms with Crippen LogP contribution in [0.5, 0.6) is 0 Å². The van der Waals surface area contributed by atoms with Crippen molar-refractivity contribution in [3.63, 3.8) is 0 Å². The summed E-state index contributed by atoms with van der Waals surface area (Å²) in [5, 5.41) is 9.92. The van der Waals surface area contributed by atoms with Crippen LogP contribution in [0.2, 0.25) is 0 Å². The number of benzene rings is 1. The van der Waals surface area contributed by atoms with Gasteiger partial charge in [-0.25, -0.2) is 0 Å². The van der Waals surface area contributed by atoms with Gasteiger partial charge in [-0.05, 0) is 43.0 Å². The topological polar surface area (TPSA) is 66.6 Å². The lowest BCUT2D eigenvalue weighted by Crippen LogP contribution is -2.45. The van der Waals surface area contributed by atoms with E-state index in [1.165, 1.54) is 0 Å². The third-order valence-corrected chi connectivity index (χ3v) is 4.00. The van der Waals surface area contributed by atoms with Crippen molar-refractivity contribution >= 4 is 5.91 Å². The number of carbonyl (C=O) groups excluding carboxylic acids is 1. The number of likely N-dealkylation sites (tertiary alicyclic amines) is 1. The molecule has 1 heterocycles. The molecule has 1 amide bonds. The van der Waals surface area contributed by atoms with Crippen LogP contribution in [0.25, 0.3) is 0 Å². The van der Waals surface area contributed by atoms with Gasteiger partial charge in [0.25, 0.3) is 5.91 Å². The van der Waals surface area contributed by atoms with E-state index in [1.54, 1.807) is 11.0 Å². The number of hydrogen-bond acceptors (Lipinski definition) is 3. The van der Waals surface area contributed by atoms with E-state index in [-0.39, 0.29) is 11.8 Å². The fraction of sp³-hybridized carbons (Fsp3) is 0.471. The van der Waals surface area contributed by atoms with Gasteiger partial charge in [-0.15, -0.1) is 0 Å². The smallest absolute Gasteiger partial charge is 0.253 e. The molecule has 3 N–H and O–H groups in total. The van der Waals surface area contributed by atoms with Gasteiger partial charge in [-0.1, -0.05) is 18.8 Å². The lowest BCUT2D eigenvalue weighted by molar-refractivity contribution is 0.0248. The molecule has 1 aliphatic heterocycles. The molecule has 2 unspecified atom stereocenters. The van der Waals surface area contributed by atoms with Gasteiger partial charge in [-0.2, -0.15) is 0 Å². The minimum absolute atomic E-state index is 0.0256. The van der Waals surface area contributed by atoms with Gasteiger partial charge in [0.15, 0.2) is 0 Å². The molecule has 112 valence electrons. The van der Waals surface area contributed by atoms with E-state index < -0.39 is 6.10 Å². The van der Waals surface area contributed by atoms with Crippen LogP contribution in [-0.2, 0) is 0 Å². The second kappa shape index (κ2) is 6.75. The number of aliphatic hydroxyl groups excluding tert-OH is 1. The molecule has 1 aromatic rings. The van der Waals surface area contributed by atoms with Gasteiger partial charge >= 0.3 is 0 Å². The maximum atomic E-state index is 12.5. The van der Waals surface area contributed by atoms with Crippen molar-refractivity contribution in [3.05, 3.63) is 34.9 Å². The van der Waals surface area contributed by atoms with E-state index >= 15 is 0 Å². The third-order valence-electron chi connectivity index (χ3n) is 4.00. The molecule has 0 saturated carbocycles. The predicted octanol–water partition coefficient (Wildman–Crippen LogP) is 1.15. The highest BCUT2D eigenvalue weighted by Gasteiger charge is 2.27. The molecule has 2 atom stereocenters. The van der Waals surface area contributed by atoms with Crippen molar-refractivity contribution in [2.75, 3.05) is 19.6 Å². The van der Waals surface area contributed by atoms with Gasteiger partial charge in [0.05, 0.1) is 12.6 Å². The summed E-state index contributed by atoms with van der Waals surface area (Å²) in [7, 11) is 0. The Hall–Kier alpha value is -1.83. The fourth-order valence-electron chi connectivity index (χ4n) is 2.50. The van der Waals surface area contributed by atoms with Crippen molar-refractivity contribution in [2.45, 2.75) is 26.4 Å². The lowest BCUT2D eigenvalue weighted by atomic mass is 9.95. The first kappa shape index (κ1) is 15.6. The lowest BCUT2D eigenvalue weighted by Gasteiger charge is -2.34. The first-order chi connectivity index (χ1) is 10.0. The number of aliphatic hydroxyl groups is 1. The summed E-state index contributed by atoms with van der Waals surface area (Å²) in [6.07, 6.45) is 0.407. The third kappa shape index (κ3) is 3.63. The molecular formula is C17H22N2O2. The predicted molar refractivity (Wildman–Crippen MR) is 82.8 cm³/mol. The van der Waals surface area contributed by atoms with Crippen LogP contribution in [0.3, 0.4) is 0 Å². The van der Waals surface area contributed by atoms with E-state index in [1.807, 2.05) is 26.0 Å². The highest BCUT2D eigenvalue weighted by Crippen LogP contribution is 2.20. The van der Waals surface area contributed by atoms with Crippen LogP contribution in [0.15, 0.2) is 18.2 Å². The number of hydrogen-bond donors (Lipinski definition) is 2. The molecule has 0 aromatic heterocycles. The summed E-state index contributed by atoms with van der Waals surface area (Å²) in [6, 6.07) is 5.50. The van der Waals surface area contributed by atoms with E-state index in [9.17, 15) is 9.90 Å². The highest BCUT2D eigenvalue weighted by molar-refractivity contribution is 5.94. The second-order valence-electron chi connectivity index (χ2n) is 5.62. The number of nitrogens with zero attached hydrogens (tertiary/aromatic N) is 1. The molecule has 4 nitrogen and oxygen atoms in total. The van der Waals surface area contributed by atoms with Gasteiger partial charge in [0, 0.05) is 24.2 Å². The monoisotopic (exact) mass is 286 g/mol. The van der Waals surface area contributed by atoms with Crippen molar-refractivity contribution in [3.8, 4) is 11.8 Å². The Morgan fingerprint density at radius 3 is 2.90 bits per heavy atom. The maximum absolute atomic E-state index is 12.5. The highest BCUT2D eigenvalue weighted by atomic mass is 16.3. The zero-order valence-electron chi connectivity index (χ0n) is 12.6. The number of aryl methyl sites for hydroxylation is 1. The van der Waals surface area contributed by atoms with E-state index in [0.29, 0.717) is 25.2 Å². The molecule has 1 aliphatic rings. The van der Waals surface area contributed by atoms with Crippen LogP contribution in [0.1, 0.15) is 34.8 Å². The van der Waals surface area contributed by atoms with Gasteiger partial charge in [-0.3, -0.25) is 4.79 Å². The zero-order valence-corrected chi connectivity index (χ0v) is 12.6. The average Bonchev–Trinajstić information content (AvgIpc) is 2.48. The Morgan fingerprint density at radius 1 is 1.52 bits per heavy atom. The standard InChI is InChI=1S/C17H22N2O2/c1-12-7-9-19(11-16(12)20)17(21)15-6-5-14(4-3-8-18)13(2)10-15/h5-6,10,12,16,20H,7-9,11,18H2,1-2H3. The molecule has 2 rings (SSSR count). The van der Waals surface area contributed by atoms with E-state index in [0.717, 1.165) is 17.5 Å². The van der Waals surface area contributed by atoms with E-state index in [2.05, 4.69) is 11.8 Å². The maximum Gasteiger partial charge on any atom is 0.253 e. The average molecular weight is 286 g/mol. The Bertz CT molecular complexity index is 586. The Morgan fingerprint density at radius 2 is 2.29 bits per heavy atom. The summed E-state index contributed by atoms with van der Waals surface area (Å²) in [5.41, 5.74) is 7.87. The summed E-state index contributed by atoms with van der Waals surface area (Å²) < 4.78 is 0. The van der Waals surface area contributed by atoms with Gasteiger partial charge < -0.3 is 15.7 Å². The molecular weight excluding hydrogens is 264 g/mol. The number of rotatable bonds is 1. The Kier molecular flexibility index (Phi) is 5.00. The fourth-order valence-corrected chi connectivity index (χ4v) is 2.50. The minimum atomic E-state index is -0.432. The zero-order chi connectivity index (χ0) is 15.4. The molecule has 1 fully saturated rings. The minimum Gasteiger partial charge on any atom is -0.391 e. The number of amides is 1. The summed E-state index contributed by atoms with van der Waals surface area (Å²) in [4.78, 5) is 14.2. The molecule has 0 radical (unpaired) electrons. The molecule has 4 heteroatoms. The largest absolute Gasteiger partial charge is 0.391 e. The van der Waals surface area contributed by atoms with Crippen LogP contribution in [-0.4, -0.2) is 41.7 Å². The van der Waals surface area contributed by atoms with Gasteiger partial charge in [0.1, 0.15) is 0 Å². The Labute approximate surface area is 125 Å². The van der Waals surface area contributed by atoms with Gasteiger partial charge in [0.2, 0.25) is 0 Å². The van der Waals surface area contributed by atoms with Crippen LogP contribution >= 0.6 is 0 Å². The number of nitrogens with two attached hydrogens (primary N) is 1.